The van der Waals surface area contributed by atoms with Crippen LogP contribution in [0.25, 0.3) is 0 Å². The van der Waals surface area contributed by atoms with Gasteiger partial charge in [-0.3, -0.25) is 10.1 Å². The zero-order valence-corrected chi connectivity index (χ0v) is 11.2. The van der Waals surface area contributed by atoms with Gasteiger partial charge < -0.3 is 5.32 Å². The van der Waals surface area contributed by atoms with Crippen LogP contribution in [0.1, 0.15) is 5.69 Å². The van der Waals surface area contributed by atoms with E-state index >= 15 is 0 Å². The largest absolute Gasteiger partial charge is 0.377 e. The van der Waals surface area contributed by atoms with Gasteiger partial charge in [-0.15, -0.1) is 0 Å². The lowest BCUT2D eigenvalue weighted by molar-refractivity contribution is -0.384. The number of hydrogen-bond donors (Lipinski definition) is 1. The number of nitro benzene ring substituents is 1. The van der Waals surface area contributed by atoms with Gasteiger partial charge in [0.25, 0.3) is 5.69 Å². The molecule has 19 heavy (non-hydrogen) atoms. The highest BCUT2D eigenvalue weighted by Crippen LogP contribution is 2.21. The molecule has 1 N–H and O–H groups in total. The molecule has 0 unspecified atom stereocenters. The molecule has 0 saturated carbocycles. The zero-order valence-electron chi connectivity index (χ0n) is 9.64. The van der Waals surface area contributed by atoms with E-state index in [0.29, 0.717) is 10.3 Å². The van der Waals surface area contributed by atoms with Crippen molar-refractivity contribution in [2.24, 2.45) is 0 Å². The molecule has 0 aliphatic rings. The summed E-state index contributed by atoms with van der Waals surface area (Å²) in [6.45, 7) is 0.275. The first-order valence-electron chi connectivity index (χ1n) is 5.35. The van der Waals surface area contributed by atoms with Crippen LogP contribution < -0.4 is 5.32 Å². The molecule has 0 amide bonds. The molecule has 5 nitrogen and oxygen atoms in total. The van der Waals surface area contributed by atoms with Crippen LogP contribution in [0.5, 0.6) is 0 Å². The number of nitro groups is 1. The normalized spacial score (nSPS) is 10.2. The number of pyridine rings is 1. The second kappa shape index (κ2) is 5.75. The predicted octanol–water partition coefficient (Wildman–Crippen LogP) is 3.50. The Kier molecular flexibility index (Phi) is 4.06. The third kappa shape index (κ3) is 3.47. The Bertz CT molecular complexity index is 622. The summed E-state index contributed by atoms with van der Waals surface area (Å²) in [5.74, 6) is -0.541. The number of halogens is 2. The Morgan fingerprint density at radius 2 is 2.16 bits per heavy atom. The van der Waals surface area contributed by atoms with E-state index in [1.165, 1.54) is 0 Å². The summed E-state index contributed by atoms with van der Waals surface area (Å²) in [6.07, 6.45) is 0. The fourth-order valence-electron chi connectivity index (χ4n) is 1.50. The number of nitrogens with one attached hydrogen (secondary N) is 1. The number of anilines is 1. The lowest BCUT2D eigenvalue weighted by Gasteiger charge is -2.07. The average molecular weight is 326 g/mol. The molecular weight excluding hydrogens is 317 g/mol. The van der Waals surface area contributed by atoms with Crippen molar-refractivity contribution in [3.05, 3.63) is 62.6 Å². The third-order valence-corrected chi connectivity index (χ3v) is 2.84. The number of hydrogen-bond acceptors (Lipinski definition) is 4. The molecule has 1 heterocycles. The van der Waals surface area contributed by atoms with Gasteiger partial charge in [0.1, 0.15) is 10.4 Å². The van der Waals surface area contributed by atoms with Crippen LogP contribution in [-0.2, 0) is 6.54 Å². The third-order valence-electron chi connectivity index (χ3n) is 2.39. The molecule has 0 spiro atoms. The van der Waals surface area contributed by atoms with E-state index in [9.17, 15) is 14.5 Å². The fraction of sp³-hybridized carbons (Fsp3) is 0.0833. The van der Waals surface area contributed by atoms with Crippen molar-refractivity contribution in [3.63, 3.8) is 0 Å². The molecule has 2 rings (SSSR count). The van der Waals surface area contributed by atoms with Crippen molar-refractivity contribution in [1.82, 2.24) is 4.98 Å². The van der Waals surface area contributed by atoms with Gasteiger partial charge in [-0.1, -0.05) is 6.07 Å². The van der Waals surface area contributed by atoms with E-state index in [1.807, 2.05) is 0 Å². The van der Waals surface area contributed by atoms with Crippen LogP contribution in [0, 0.1) is 15.9 Å². The van der Waals surface area contributed by atoms with Gasteiger partial charge in [0, 0.05) is 12.1 Å². The van der Waals surface area contributed by atoms with Crippen LogP contribution in [0.3, 0.4) is 0 Å². The number of aromatic nitrogens is 1. The summed E-state index contributed by atoms with van der Waals surface area (Å²) in [6, 6.07) is 8.70. The monoisotopic (exact) mass is 325 g/mol. The maximum absolute atomic E-state index is 13.5. The smallest absolute Gasteiger partial charge is 0.271 e. The predicted molar refractivity (Wildman–Crippen MR) is 72.3 cm³/mol. The van der Waals surface area contributed by atoms with E-state index < -0.39 is 10.7 Å². The summed E-state index contributed by atoms with van der Waals surface area (Å²) >= 11 is 3.23. The molecule has 0 bridgehead atoms. The molecule has 0 aliphatic carbocycles. The number of benzene rings is 1. The van der Waals surface area contributed by atoms with Crippen molar-refractivity contribution in [2.45, 2.75) is 6.54 Å². The molecule has 0 aliphatic heterocycles. The Hall–Kier alpha value is -2.02. The molecule has 1 aromatic carbocycles. The second-order valence-electron chi connectivity index (χ2n) is 3.73. The first kappa shape index (κ1) is 13.4. The molecule has 98 valence electrons. The number of non-ortho nitro benzene ring substituents is 1. The highest BCUT2D eigenvalue weighted by atomic mass is 79.9. The van der Waals surface area contributed by atoms with Crippen molar-refractivity contribution in [3.8, 4) is 0 Å². The molecule has 1 aromatic heterocycles. The van der Waals surface area contributed by atoms with Crippen LogP contribution >= 0.6 is 15.9 Å². The van der Waals surface area contributed by atoms with Crippen molar-refractivity contribution >= 4 is 27.3 Å². The Balaban J connectivity index is 2.15. The minimum Gasteiger partial charge on any atom is -0.377 e. The zero-order chi connectivity index (χ0) is 13.8. The average Bonchev–Trinajstić information content (AvgIpc) is 2.37. The molecule has 0 radical (unpaired) electrons. The molecule has 2 aromatic rings. The molecule has 0 saturated heterocycles. The van der Waals surface area contributed by atoms with E-state index in [1.54, 1.807) is 18.2 Å². The first-order valence-corrected chi connectivity index (χ1v) is 6.15. The van der Waals surface area contributed by atoms with Gasteiger partial charge in [-0.25, -0.2) is 9.37 Å². The lowest BCUT2D eigenvalue weighted by atomic mass is 10.2. The van der Waals surface area contributed by atoms with Crippen LogP contribution in [0.4, 0.5) is 15.8 Å². The summed E-state index contributed by atoms with van der Waals surface area (Å²) in [5, 5.41) is 13.4. The van der Waals surface area contributed by atoms with E-state index in [2.05, 4.69) is 26.2 Å². The Morgan fingerprint density at radius 3 is 2.84 bits per heavy atom. The summed E-state index contributed by atoms with van der Waals surface area (Å²) < 4.78 is 14.2. The Labute approximate surface area is 116 Å². The fourth-order valence-corrected chi connectivity index (χ4v) is 1.88. The van der Waals surface area contributed by atoms with Crippen LogP contribution in [0.15, 0.2) is 41.0 Å². The maximum Gasteiger partial charge on any atom is 0.271 e. The van der Waals surface area contributed by atoms with E-state index in [-0.39, 0.29) is 17.9 Å². The minimum absolute atomic E-state index is 0.0796. The van der Waals surface area contributed by atoms with Crippen LogP contribution in [0.2, 0.25) is 0 Å². The van der Waals surface area contributed by atoms with Crippen LogP contribution in [-0.4, -0.2) is 9.91 Å². The molecule has 0 atom stereocenters. The van der Waals surface area contributed by atoms with Gasteiger partial charge in [0.2, 0.25) is 0 Å². The van der Waals surface area contributed by atoms with Crippen molar-refractivity contribution in [1.29, 1.82) is 0 Å². The lowest BCUT2D eigenvalue weighted by Crippen LogP contribution is -2.04. The van der Waals surface area contributed by atoms with Crippen molar-refractivity contribution in [2.75, 3.05) is 5.32 Å². The number of rotatable bonds is 4. The highest BCUT2D eigenvalue weighted by molar-refractivity contribution is 9.10. The standard InChI is InChI=1S/C12H9BrFN3O2/c13-12-3-1-2-8(16-12)7-15-11-6-9(17(18)19)4-5-10(11)14/h1-6,15H,7H2. The highest BCUT2D eigenvalue weighted by Gasteiger charge is 2.10. The quantitative estimate of drug-likeness (QED) is 0.530. The molecule has 7 heteroatoms. The minimum atomic E-state index is -0.567. The van der Waals surface area contributed by atoms with E-state index in [4.69, 9.17) is 0 Å². The number of nitrogens with zero attached hydrogens (tertiary/aromatic N) is 2. The molecule has 0 fully saturated rings. The van der Waals surface area contributed by atoms with Gasteiger partial charge >= 0.3 is 0 Å². The van der Waals surface area contributed by atoms with Gasteiger partial charge in [-0.2, -0.15) is 0 Å². The van der Waals surface area contributed by atoms with Gasteiger partial charge in [-0.05, 0) is 34.1 Å². The van der Waals surface area contributed by atoms with E-state index in [0.717, 1.165) is 18.2 Å². The van der Waals surface area contributed by atoms with Gasteiger partial charge in [0.05, 0.1) is 22.8 Å². The SMILES string of the molecule is O=[N+]([O-])c1ccc(F)c(NCc2cccc(Br)n2)c1. The Morgan fingerprint density at radius 1 is 1.37 bits per heavy atom. The summed E-state index contributed by atoms with van der Waals surface area (Å²) in [7, 11) is 0. The van der Waals surface area contributed by atoms with Crippen molar-refractivity contribution < 1.29 is 9.31 Å². The topological polar surface area (TPSA) is 68.1 Å². The second-order valence-corrected chi connectivity index (χ2v) is 4.54. The summed E-state index contributed by atoms with van der Waals surface area (Å²) in [4.78, 5) is 14.2. The first-order chi connectivity index (χ1) is 9.06. The summed E-state index contributed by atoms with van der Waals surface area (Å²) in [5.41, 5.74) is 0.613. The maximum atomic E-state index is 13.5. The molecular formula is C12H9BrFN3O2. The van der Waals surface area contributed by atoms with Gasteiger partial charge in [0.15, 0.2) is 0 Å².